The third-order valence-corrected chi connectivity index (χ3v) is 4.20. The van der Waals surface area contributed by atoms with Gasteiger partial charge in [0.2, 0.25) is 0 Å². The van der Waals surface area contributed by atoms with E-state index in [1.807, 2.05) is 0 Å². The van der Waals surface area contributed by atoms with Crippen molar-refractivity contribution in [2.75, 3.05) is 6.54 Å². The van der Waals surface area contributed by atoms with Crippen LogP contribution in [0.3, 0.4) is 0 Å². The van der Waals surface area contributed by atoms with Crippen molar-refractivity contribution < 1.29 is 0 Å². The van der Waals surface area contributed by atoms with Gasteiger partial charge in [0.25, 0.3) is 0 Å². The van der Waals surface area contributed by atoms with Crippen molar-refractivity contribution in [1.29, 1.82) is 0 Å². The van der Waals surface area contributed by atoms with Crippen molar-refractivity contribution in [3.63, 3.8) is 0 Å². The molecule has 1 saturated carbocycles. The Balaban J connectivity index is 1.73. The number of benzene rings is 1. The number of hydrogen-bond donors (Lipinski definition) is 1. The topological polar surface area (TPSA) is 12.0 Å². The van der Waals surface area contributed by atoms with Crippen LogP contribution >= 0.6 is 15.9 Å². The van der Waals surface area contributed by atoms with Crippen LogP contribution in [0.5, 0.6) is 0 Å². The van der Waals surface area contributed by atoms with E-state index in [9.17, 15) is 0 Å². The third kappa shape index (κ3) is 3.60. The second kappa shape index (κ2) is 6.41. The van der Waals surface area contributed by atoms with Crippen LogP contribution in [0.25, 0.3) is 0 Å². The normalized spacial score (nSPS) is 17.6. The van der Waals surface area contributed by atoms with Gasteiger partial charge in [0.05, 0.1) is 0 Å². The van der Waals surface area contributed by atoms with Gasteiger partial charge >= 0.3 is 0 Å². The van der Waals surface area contributed by atoms with Gasteiger partial charge in [-0.1, -0.05) is 53.4 Å². The van der Waals surface area contributed by atoms with E-state index in [4.69, 9.17) is 0 Å². The molecule has 0 aliphatic heterocycles. The molecule has 1 aliphatic carbocycles. The molecule has 1 nitrogen and oxygen atoms in total. The first-order chi connectivity index (χ1) is 7.86. The molecule has 0 spiro atoms. The summed E-state index contributed by atoms with van der Waals surface area (Å²) in [5.74, 6) is 0.913. The van der Waals surface area contributed by atoms with Crippen LogP contribution in [-0.4, -0.2) is 6.54 Å². The van der Waals surface area contributed by atoms with Crippen molar-refractivity contribution in [2.45, 2.75) is 38.6 Å². The smallest absolute Gasteiger partial charge is 0.0220 e. The van der Waals surface area contributed by atoms with Gasteiger partial charge in [0.15, 0.2) is 0 Å². The average Bonchev–Trinajstić information content (AvgIpc) is 2.33. The summed E-state index contributed by atoms with van der Waals surface area (Å²) in [6, 6.07) is 8.45. The molecule has 0 saturated heterocycles. The lowest BCUT2D eigenvalue weighted by Gasteiger charge is -2.21. The number of nitrogens with one attached hydrogen (secondary N) is 1. The predicted octanol–water partition coefficient (Wildman–Crippen LogP) is 4.12. The molecule has 1 aromatic carbocycles. The number of hydrogen-bond acceptors (Lipinski definition) is 1. The molecule has 0 atom stereocenters. The maximum Gasteiger partial charge on any atom is 0.0220 e. The Hall–Kier alpha value is -0.340. The molecule has 2 rings (SSSR count). The van der Waals surface area contributed by atoms with Gasteiger partial charge in [-0.25, -0.2) is 0 Å². The highest BCUT2D eigenvalue weighted by Gasteiger charge is 2.12. The summed E-state index contributed by atoms with van der Waals surface area (Å²) in [6.45, 7) is 2.17. The van der Waals surface area contributed by atoms with Gasteiger partial charge in [-0.15, -0.1) is 0 Å². The van der Waals surface area contributed by atoms with Crippen molar-refractivity contribution >= 4 is 15.9 Å². The van der Waals surface area contributed by atoms with Crippen LogP contribution in [0.2, 0.25) is 0 Å². The minimum absolute atomic E-state index is 0.913. The van der Waals surface area contributed by atoms with E-state index >= 15 is 0 Å². The Bertz CT molecular complexity index is 318. The molecule has 1 N–H and O–H groups in total. The fourth-order valence-corrected chi connectivity index (χ4v) is 2.87. The molecule has 0 unspecified atom stereocenters. The maximum atomic E-state index is 3.58. The van der Waals surface area contributed by atoms with E-state index in [0.717, 1.165) is 12.5 Å². The molecule has 1 fully saturated rings. The van der Waals surface area contributed by atoms with Gasteiger partial charge in [-0.3, -0.25) is 0 Å². The van der Waals surface area contributed by atoms with Gasteiger partial charge < -0.3 is 5.32 Å². The third-order valence-electron chi connectivity index (χ3n) is 3.43. The van der Waals surface area contributed by atoms with Crippen LogP contribution in [0.15, 0.2) is 28.7 Å². The summed E-state index contributed by atoms with van der Waals surface area (Å²) in [5, 5.41) is 3.58. The SMILES string of the molecule is Brc1ccccc1CNCC1CCCCC1. The lowest BCUT2D eigenvalue weighted by Crippen LogP contribution is -2.24. The van der Waals surface area contributed by atoms with Crippen molar-refractivity contribution in [2.24, 2.45) is 5.92 Å². The zero-order valence-corrected chi connectivity index (χ0v) is 11.3. The predicted molar refractivity (Wildman–Crippen MR) is 72.4 cm³/mol. The molecule has 1 aliphatic rings. The molecular formula is C14H20BrN. The van der Waals surface area contributed by atoms with E-state index in [2.05, 4.69) is 45.5 Å². The van der Waals surface area contributed by atoms with Crippen LogP contribution in [0.4, 0.5) is 0 Å². The quantitative estimate of drug-likeness (QED) is 0.876. The number of halogens is 1. The summed E-state index contributed by atoms with van der Waals surface area (Å²) in [5.41, 5.74) is 1.36. The Morgan fingerprint density at radius 1 is 1.12 bits per heavy atom. The minimum Gasteiger partial charge on any atom is -0.312 e. The Kier molecular flexibility index (Phi) is 4.86. The standard InChI is InChI=1S/C14H20BrN/c15-14-9-5-4-8-13(14)11-16-10-12-6-2-1-3-7-12/h4-5,8-9,12,16H,1-3,6-7,10-11H2. The van der Waals surface area contributed by atoms with E-state index < -0.39 is 0 Å². The van der Waals surface area contributed by atoms with Crippen molar-refractivity contribution in [3.05, 3.63) is 34.3 Å². The highest BCUT2D eigenvalue weighted by molar-refractivity contribution is 9.10. The molecular weight excluding hydrogens is 262 g/mol. The molecule has 16 heavy (non-hydrogen) atoms. The van der Waals surface area contributed by atoms with Crippen LogP contribution in [0, 0.1) is 5.92 Å². The summed E-state index contributed by atoms with van der Waals surface area (Å²) in [6.07, 6.45) is 7.15. The molecule has 88 valence electrons. The summed E-state index contributed by atoms with van der Waals surface area (Å²) in [4.78, 5) is 0. The highest BCUT2D eigenvalue weighted by atomic mass is 79.9. The second-order valence-corrected chi connectivity index (χ2v) is 5.58. The zero-order valence-electron chi connectivity index (χ0n) is 9.71. The molecule has 0 amide bonds. The lowest BCUT2D eigenvalue weighted by atomic mass is 9.89. The van der Waals surface area contributed by atoms with E-state index in [-0.39, 0.29) is 0 Å². The lowest BCUT2D eigenvalue weighted by molar-refractivity contribution is 0.342. The van der Waals surface area contributed by atoms with E-state index in [0.29, 0.717) is 0 Å². The molecule has 2 heteroatoms. The fraction of sp³-hybridized carbons (Fsp3) is 0.571. The van der Waals surface area contributed by atoms with Crippen molar-refractivity contribution in [3.8, 4) is 0 Å². The zero-order chi connectivity index (χ0) is 11.2. The summed E-state index contributed by atoms with van der Waals surface area (Å²) in [7, 11) is 0. The Morgan fingerprint density at radius 3 is 2.62 bits per heavy atom. The molecule has 0 aromatic heterocycles. The maximum absolute atomic E-state index is 3.58. The van der Waals surface area contributed by atoms with Gasteiger partial charge in [-0.05, 0) is 36.9 Å². The van der Waals surface area contributed by atoms with Crippen LogP contribution < -0.4 is 5.32 Å². The van der Waals surface area contributed by atoms with E-state index in [1.165, 1.54) is 48.7 Å². The van der Waals surface area contributed by atoms with Gasteiger partial charge in [0, 0.05) is 11.0 Å². The first-order valence-corrected chi connectivity index (χ1v) is 7.09. The average molecular weight is 282 g/mol. The fourth-order valence-electron chi connectivity index (χ4n) is 2.44. The van der Waals surface area contributed by atoms with Crippen LogP contribution in [0.1, 0.15) is 37.7 Å². The van der Waals surface area contributed by atoms with E-state index in [1.54, 1.807) is 0 Å². The minimum atomic E-state index is 0.913. The molecule has 0 bridgehead atoms. The molecule has 0 heterocycles. The molecule has 1 aromatic rings. The monoisotopic (exact) mass is 281 g/mol. The van der Waals surface area contributed by atoms with Gasteiger partial charge in [0.1, 0.15) is 0 Å². The second-order valence-electron chi connectivity index (χ2n) is 4.73. The van der Waals surface area contributed by atoms with Crippen LogP contribution in [-0.2, 0) is 6.54 Å². The molecule has 0 radical (unpaired) electrons. The first kappa shape index (κ1) is 12.1. The highest BCUT2D eigenvalue weighted by Crippen LogP contribution is 2.23. The Morgan fingerprint density at radius 2 is 1.88 bits per heavy atom. The summed E-state index contributed by atoms with van der Waals surface area (Å²) < 4.78 is 1.21. The first-order valence-electron chi connectivity index (χ1n) is 6.30. The Labute approximate surface area is 107 Å². The largest absolute Gasteiger partial charge is 0.312 e. The summed E-state index contributed by atoms with van der Waals surface area (Å²) >= 11 is 3.58. The van der Waals surface area contributed by atoms with Gasteiger partial charge in [-0.2, -0.15) is 0 Å². The van der Waals surface area contributed by atoms with Crippen molar-refractivity contribution in [1.82, 2.24) is 5.32 Å². The number of rotatable bonds is 4.